The van der Waals surface area contributed by atoms with Gasteiger partial charge in [-0.05, 0) is 35.6 Å². The van der Waals surface area contributed by atoms with Crippen LogP contribution < -0.4 is 9.47 Å². The topological polar surface area (TPSA) is 68.3 Å². The fourth-order valence-corrected chi connectivity index (χ4v) is 3.81. The van der Waals surface area contributed by atoms with Gasteiger partial charge in [0.15, 0.2) is 11.5 Å². The molecule has 1 aromatic carbocycles. The van der Waals surface area contributed by atoms with Crippen LogP contribution in [0.4, 0.5) is 0 Å². The van der Waals surface area contributed by atoms with Gasteiger partial charge < -0.3 is 24.0 Å². The summed E-state index contributed by atoms with van der Waals surface area (Å²) in [5.74, 6) is 1.19. The summed E-state index contributed by atoms with van der Waals surface area (Å²) in [7, 11) is 1.62. The van der Waals surface area contributed by atoms with E-state index in [1.807, 2.05) is 35.7 Å². The molecule has 0 spiro atoms. The van der Waals surface area contributed by atoms with Gasteiger partial charge in [0.25, 0.3) is 0 Å². The minimum Gasteiger partial charge on any atom is -0.454 e. The maximum atomic E-state index is 13.1. The van der Waals surface area contributed by atoms with E-state index in [0.29, 0.717) is 44.2 Å². The highest BCUT2D eigenvalue weighted by Gasteiger charge is 2.21. The highest BCUT2D eigenvalue weighted by Crippen LogP contribution is 2.33. The van der Waals surface area contributed by atoms with Crippen molar-refractivity contribution in [1.29, 1.82) is 0 Å². The Hall–Kier alpha value is -2.58. The molecule has 2 heterocycles. The predicted octanol–water partition coefficient (Wildman–Crippen LogP) is 2.89. The van der Waals surface area contributed by atoms with Gasteiger partial charge in [0.2, 0.25) is 18.6 Å². The predicted molar refractivity (Wildman–Crippen MR) is 110 cm³/mol. The third-order valence-electron chi connectivity index (χ3n) is 4.64. The van der Waals surface area contributed by atoms with Crippen LogP contribution in [0.3, 0.4) is 0 Å². The van der Waals surface area contributed by atoms with E-state index in [4.69, 9.17) is 14.2 Å². The summed E-state index contributed by atoms with van der Waals surface area (Å²) >= 11 is 1.61. The van der Waals surface area contributed by atoms with E-state index in [1.165, 1.54) is 6.92 Å². The van der Waals surface area contributed by atoms with Crippen LogP contribution in [0.1, 0.15) is 23.8 Å². The van der Waals surface area contributed by atoms with Crippen LogP contribution in [0.5, 0.6) is 11.5 Å². The molecule has 3 rings (SSSR count). The normalized spacial score (nSPS) is 12.1. The van der Waals surface area contributed by atoms with Crippen LogP contribution in [0, 0.1) is 0 Å². The summed E-state index contributed by atoms with van der Waals surface area (Å²) in [6.07, 6.45) is 0.691. The first-order valence-corrected chi connectivity index (χ1v) is 10.4. The van der Waals surface area contributed by atoms with Crippen molar-refractivity contribution >= 4 is 23.2 Å². The number of carbonyl (C=O) groups is 2. The van der Waals surface area contributed by atoms with Crippen molar-refractivity contribution in [2.75, 3.05) is 33.6 Å². The molecule has 0 aliphatic carbocycles. The molecule has 156 valence electrons. The summed E-state index contributed by atoms with van der Waals surface area (Å²) in [4.78, 5) is 29.5. The zero-order chi connectivity index (χ0) is 20.6. The maximum absolute atomic E-state index is 13.1. The molecule has 0 fully saturated rings. The Kier molecular flexibility index (Phi) is 7.48. The average molecular weight is 419 g/mol. The van der Waals surface area contributed by atoms with E-state index < -0.39 is 0 Å². The van der Waals surface area contributed by atoms with Crippen LogP contribution in [0.25, 0.3) is 0 Å². The maximum Gasteiger partial charge on any atom is 0.242 e. The van der Waals surface area contributed by atoms with Crippen LogP contribution in [-0.2, 0) is 27.4 Å². The van der Waals surface area contributed by atoms with Gasteiger partial charge in [0.05, 0.1) is 13.1 Å². The number of fused-ring (bicyclic) bond motifs is 1. The van der Waals surface area contributed by atoms with Gasteiger partial charge in [0, 0.05) is 38.6 Å². The van der Waals surface area contributed by atoms with Crippen LogP contribution in [-0.4, -0.2) is 55.2 Å². The molecule has 0 bridgehead atoms. The van der Waals surface area contributed by atoms with E-state index >= 15 is 0 Å². The Morgan fingerprint density at radius 2 is 1.97 bits per heavy atom. The number of methoxy groups -OCH3 is 1. The summed E-state index contributed by atoms with van der Waals surface area (Å²) in [6, 6.07) is 9.67. The fourth-order valence-electron chi connectivity index (χ4n) is 3.09. The number of carbonyl (C=O) groups excluding carboxylic acids is 2. The second-order valence-corrected chi connectivity index (χ2v) is 7.84. The van der Waals surface area contributed by atoms with Crippen LogP contribution in [0.15, 0.2) is 35.7 Å². The molecule has 1 aromatic heterocycles. The van der Waals surface area contributed by atoms with Gasteiger partial charge in [-0.15, -0.1) is 11.3 Å². The number of hydrogen-bond acceptors (Lipinski definition) is 6. The second kappa shape index (κ2) is 10.3. The molecule has 2 aromatic rings. The largest absolute Gasteiger partial charge is 0.454 e. The lowest BCUT2D eigenvalue weighted by Gasteiger charge is -2.27. The van der Waals surface area contributed by atoms with Crippen LogP contribution >= 0.6 is 11.3 Å². The van der Waals surface area contributed by atoms with Crippen LogP contribution in [0.2, 0.25) is 0 Å². The Bertz CT molecular complexity index is 824. The molecule has 0 saturated heterocycles. The third kappa shape index (κ3) is 5.95. The van der Waals surface area contributed by atoms with Crippen molar-refractivity contribution in [3.05, 3.63) is 46.2 Å². The quantitative estimate of drug-likeness (QED) is 0.555. The van der Waals surface area contributed by atoms with Gasteiger partial charge in [-0.3, -0.25) is 9.59 Å². The molecule has 29 heavy (non-hydrogen) atoms. The average Bonchev–Trinajstić information content (AvgIpc) is 3.37. The first kappa shape index (κ1) is 21.1. The number of nitrogens with zero attached hydrogens (tertiary/aromatic N) is 2. The van der Waals surface area contributed by atoms with E-state index in [1.54, 1.807) is 28.2 Å². The number of hydrogen-bond donors (Lipinski definition) is 0. The number of amides is 2. The Morgan fingerprint density at radius 1 is 1.14 bits per heavy atom. The molecule has 1 aliphatic rings. The van der Waals surface area contributed by atoms with Gasteiger partial charge in [0.1, 0.15) is 0 Å². The smallest absolute Gasteiger partial charge is 0.242 e. The van der Waals surface area contributed by atoms with E-state index in [0.717, 1.165) is 10.4 Å². The summed E-state index contributed by atoms with van der Waals surface area (Å²) in [5, 5.41) is 1.99. The Morgan fingerprint density at radius 3 is 2.69 bits per heavy atom. The number of rotatable bonds is 10. The Labute approximate surface area is 174 Å². The molecular formula is C21H26N2O5S. The van der Waals surface area contributed by atoms with Crippen molar-refractivity contribution in [2.45, 2.75) is 26.4 Å². The number of thiophene rings is 1. The molecule has 0 atom stereocenters. The van der Waals surface area contributed by atoms with Crippen molar-refractivity contribution in [2.24, 2.45) is 0 Å². The van der Waals surface area contributed by atoms with Gasteiger partial charge >= 0.3 is 0 Å². The lowest BCUT2D eigenvalue weighted by molar-refractivity contribution is -0.140. The summed E-state index contributed by atoms with van der Waals surface area (Å²) in [6.45, 7) is 3.72. The highest BCUT2D eigenvalue weighted by molar-refractivity contribution is 7.09. The molecule has 2 amide bonds. The van der Waals surface area contributed by atoms with Crippen molar-refractivity contribution < 1.29 is 23.8 Å². The second-order valence-electron chi connectivity index (χ2n) is 6.80. The van der Waals surface area contributed by atoms with E-state index in [2.05, 4.69) is 0 Å². The summed E-state index contributed by atoms with van der Waals surface area (Å²) < 4.78 is 15.9. The molecular weight excluding hydrogens is 392 g/mol. The SMILES string of the molecule is COCCCN(CC(=O)N(Cc1ccc2c(c1)OCO2)Cc1cccs1)C(C)=O. The minimum atomic E-state index is -0.117. The van der Waals surface area contributed by atoms with Crippen molar-refractivity contribution in [1.82, 2.24) is 9.80 Å². The minimum absolute atomic E-state index is 0.0506. The standard InChI is InChI=1S/C21H26N2O5S/c1-16(24)22(8-4-9-26-2)14-21(25)23(13-18-5-3-10-29-18)12-17-6-7-19-20(11-17)28-15-27-19/h3,5-7,10-11H,4,8-9,12-15H2,1-2H3. The monoisotopic (exact) mass is 418 g/mol. The Balaban J connectivity index is 1.71. The first-order chi connectivity index (χ1) is 14.1. The third-order valence-corrected chi connectivity index (χ3v) is 5.50. The number of ether oxygens (including phenoxy) is 3. The van der Waals surface area contributed by atoms with Crippen molar-refractivity contribution in [3.63, 3.8) is 0 Å². The molecule has 7 nitrogen and oxygen atoms in total. The zero-order valence-electron chi connectivity index (χ0n) is 16.8. The molecule has 8 heteroatoms. The molecule has 0 unspecified atom stereocenters. The van der Waals surface area contributed by atoms with E-state index in [9.17, 15) is 9.59 Å². The van der Waals surface area contributed by atoms with Gasteiger partial charge in [-0.1, -0.05) is 12.1 Å². The van der Waals surface area contributed by atoms with Gasteiger partial charge in [-0.25, -0.2) is 0 Å². The molecule has 1 aliphatic heterocycles. The number of benzene rings is 1. The lowest BCUT2D eigenvalue weighted by Crippen LogP contribution is -2.42. The van der Waals surface area contributed by atoms with Gasteiger partial charge in [-0.2, -0.15) is 0 Å². The van der Waals surface area contributed by atoms with Crippen molar-refractivity contribution in [3.8, 4) is 11.5 Å². The zero-order valence-corrected chi connectivity index (χ0v) is 17.6. The summed E-state index contributed by atoms with van der Waals surface area (Å²) in [5.41, 5.74) is 0.952. The van der Waals surface area contributed by atoms with E-state index in [-0.39, 0.29) is 25.2 Å². The molecule has 0 radical (unpaired) electrons. The first-order valence-electron chi connectivity index (χ1n) is 9.50. The lowest BCUT2D eigenvalue weighted by atomic mass is 10.2. The molecule has 0 N–H and O–H groups in total. The highest BCUT2D eigenvalue weighted by atomic mass is 32.1. The molecule has 0 saturated carbocycles. The fraction of sp³-hybridized carbons (Fsp3) is 0.429.